The van der Waals surface area contributed by atoms with Crippen molar-refractivity contribution in [2.24, 2.45) is 11.8 Å². The van der Waals surface area contributed by atoms with Crippen LogP contribution in [0.3, 0.4) is 0 Å². The second-order valence-electron chi connectivity index (χ2n) is 8.21. The molecule has 0 aliphatic heterocycles. The molecule has 27 heavy (non-hydrogen) atoms. The molecule has 2 atom stereocenters. The van der Waals surface area contributed by atoms with Crippen LogP contribution < -0.4 is 0 Å². The minimum Gasteiger partial charge on any atom is -0.392 e. The molecule has 0 bridgehead atoms. The number of benzene rings is 1. The summed E-state index contributed by atoms with van der Waals surface area (Å²) < 4.78 is 13.1. The lowest BCUT2D eigenvalue weighted by atomic mass is 9.80. The fourth-order valence-corrected chi connectivity index (χ4v) is 4.10. The molecule has 1 aromatic rings. The first kappa shape index (κ1) is 22.0. The summed E-state index contributed by atoms with van der Waals surface area (Å²) in [6, 6.07) is 6.63. The fraction of sp³-hybridized carbons (Fsp3) is 0.680. The Balaban J connectivity index is 1.87. The van der Waals surface area contributed by atoms with Crippen molar-refractivity contribution >= 4 is 0 Å². The first-order valence-corrected chi connectivity index (χ1v) is 11.1. The van der Waals surface area contributed by atoms with E-state index in [4.69, 9.17) is 0 Å². The number of halogens is 1. The van der Waals surface area contributed by atoms with E-state index in [0.29, 0.717) is 6.42 Å². The Bertz CT molecular complexity index is 562. The van der Waals surface area contributed by atoms with E-state index in [9.17, 15) is 9.50 Å². The van der Waals surface area contributed by atoms with Gasteiger partial charge in [0.15, 0.2) is 0 Å². The Morgan fingerprint density at radius 3 is 2.52 bits per heavy atom. The van der Waals surface area contributed by atoms with Gasteiger partial charge < -0.3 is 5.11 Å². The number of rotatable bonds is 10. The molecule has 0 heterocycles. The van der Waals surface area contributed by atoms with Crippen molar-refractivity contribution < 1.29 is 9.50 Å². The van der Waals surface area contributed by atoms with Crippen molar-refractivity contribution in [2.45, 2.75) is 96.5 Å². The zero-order chi connectivity index (χ0) is 19.3. The highest BCUT2D eigenvalue weighted by Crippen LogP contribution is 2.30. The first-order chi connectivity index (χ1) is 13.2. The van der Waals surface area contributed by atoms with Gasteiger partial charge in [0.05, 0.1) is 6.10 Å². The van der Waals surface area contributed by atoms with Crippen LogP contribution in [0.5, 0.6) is 0 Å². The molecule has 1 saturated carbocycles. The monoisotopic (exact) mass is 372 g/mol. The van der Waals surface area contributed by atoms with Crippen LogP contribution in [0.25, 0.3) is 0 Å². The van der Waals surface area contributed by atoms with Gasteiger partial charge in [-0.15, -0.1) is 5.92 Å². The van der Waals surface area contributed by atoms with E-state index in [1.165, 1.54) is 69.9 Å². The van der Waals surface area contributed by atoms with E-state index in [-0.39, 0.29) is 17.8 Å². The number of hydrogen-bond donors (Lipinski definition) is 1. The van der Waals surface area contributed by atoms with Gasteiger partial charge in [0.1, 0.15) is 5.82 Å². The summed E-state index contributed by atoms with van der Waals surface area (Å²) in [4.78, 5) is 0. The van der Waals surface area contributed by atoms with Crippen LogP contribution in [0.4, 0.5) is 4.39 Å². The van der Waals surface area contributed by atoms with Gasteiger partial charge in [-0.25, -0.2) is 4.39 Å². The lowest BCUT2D eigenvalue weighted by molar-refractivity contribution is 0.107. The molecule has 0 radical (unpaired) electrons. The Morgan fingerprint density at radius 1 is 1.07 bits per heavy atom. The van der Waals surface area contributed by atoms with Gasteiger partial charge in [0, 0.05) is 12.3 Å². The predicted octanol–water partition coefficient (Wildman–Crippen LogP) is 6.68. The van der Waals surface area contributed by atoms with Crippen LogP contribution in [0.1, 0.15) is 89.5 Å². The summed E-state index contributed by atoms with van der Waals surface area (Å²) >= 11 is 0. The van der Waals surface area contributed by atoms with E-state index in [2.05, 4.69) is 18.8 Å². The normalized spacial score (nSPS) is 17.1. The Hall–Kier alpha value is -1.33. The number of hydrogen-bond acceptors (Lipinski definition) is 1. The van der Waals surface area contributed by atoms with Crippen molar-refractivity contribution in [2.75, 3.05) is 0 Å². The first-order valence-electron chi connectivity index (χ1n) is 11.1. The third-order valence-corrected chi connectivity index (χ3v) is 5.86. The van der Waals surface area contributed by atoms with E-state index in [1.54, 1.807) is 0 Å². The maximum absolute atomic E-state index is 13.1. The van der Waals surface area contributed by atoms with E-state index in [0.717, 1.165) is 30.7 Å². The van der Waals surface area contributed by atoms with Crippen molar-refractivity contribution in [1.82, 2.24) is 0 Å². The zero-order valence-electron chi connectivity index (χ0n) is 17.1. The minimum absolute atomic E-state index is 0.0831. The number of aryl methyl sites for hydroxylation is 1. The van der Waals surface area contributed by atoms with Gasteiger partial charge in [-0.1, -0.05) is 76.3 Å². The average Bonchev–Trinajstić information content (AvgIpc) is 2.70. The van der Waals surface area contributed by atoms with E-state index >= 15 is 0 Å². The summed E-state index contributed by atoms with van der Waals surface area (Å²) in [6.45, 7) is 2.23. The third-order valence-electron chi connectivity index (χ3n) is 5.86. The number of aliphatic hydroxyl groups excluding tert-OH is 1. The molecule has 0 saturated heterocycles. The number of unbranched alkanes of at least 4 members (excludes halogenated alkanes) is 4. The lowest BCUT2D eigenvalue weighted by Crippen LogP contribution is -2.23. The van der Waals surface area contributed by atoms with Gasteiger partial charge in [-0.05, 0) is 49.3 Å². The maximum atomic E-state index is 13.1. The molecule has 0 aromatic heterocycles. The highest BCUT2D eigenvalue weighted by molar-refractivity contribution is 5.16. The standard InChI is InChI=1S/C25H37FO/c1-2-3-4-5-6-10-13-23(20-22-11-8-7-9-12-22)25(27)19-16-21-14-17-24(26)18-15-21/h14-15,17-18,22-23,25,27H,2-9,11-12,16,19-20H2,1H3/t23-,25-/m1/s1. The van der Waals surface area contributed by atoms with Gasteiger partial charge in [-0.3, -0.25) is 0 Å². The average molecular weight is 373 g/mol. The molecule has 0 amide bonds. The van der Waals surface area contributed by atoms with Crippen molar-refractivity contribution in [3.8, 4) is 11.8 Å². The van der Waals surface area contributed by atoms with Gasteiger partial charge in [0.2, 0.25) is 0 Å². The molecular formula is C25H37FO. The third kappa shape index (κ3) is 8.93. The molecule has 1 nitrogen and oxygen atoms in total. The summed E-state index contributed by atoms with van der Waals surface area (Å²) in [5.41, 5.74) is 1.08. The molecule has 1 aliphatic rings. The molecule has 150 valence electrons. The van der Waals surface area contributed by atoms with Crippen LogP contribution in [-0.4, -0.2) is 11.2 Å². The lowest BCUT2D eigenvalue weighted by Gasteiger charge is -2.26. The van der Waals surface area contributed by atoms with Crippen LogP contribution in [-0.2, 0) is 6.42 Å². The summed E-state index contributed by atoms with van der Waals surface area (Å²) in [6.07, 6.45) is 14.6. The minimum atomic E-state index is -0.389. The molecule has 1 N–H and O–H groups in total. The predicted molar refractivity (Wildman–Crippen MR) is 112 cm³/mol. The molecule has 2 heteroatoms. The van der Waals surface area contributed by atoms with Crippen molar-refractivity contribution in [3.05, 3.63) is 35.6 Å². The SMILES string of the molecule is CCCCCCC#C[C@H](CC1CCCCC1)[C@H](O)CCc1ccc(F)cc1. The second kappa shape index (κ2) is 12.9. The zero-order valence-corrected chi connectivity index (χ0v) is 17.1. The number of aliphatic hydroxyl groups is 1. The molecule has 1 aromatic carbocycles. The Labute approximate surface area is 165 Å². The summed E-state index contributed by atoms with van der Waals surface area (Å²) in [5, 5.41) is 10.8. The van der Waals surface area contributed by atoms with Crippen molar-refractivity contribution in [1.29, 1.82) is 0 Å². The van der Waals surface area contributed by atoms with Crippen molar-refractivity contribution in [3.63, 3.8) is 0 Å². The van der Waals surface area contributed by atoms with Gasteiger partial charge >= 0.3 is 0 Å². The Morgan fingerprint density at radius 2 is 1.81 bits per heavy atom. The quantitative estimate of drug-likeness (QED) is 0.359. The molecular weight excluding hydrogens is 335 g/mol. The highest BCUT2D eigenvalue weighted by atomic mass is 19.1. The molecule has 0 spiro atoms. The van der Waals surface area contributed by atoms with Crippen LogP contribution >= 0.6 is 0 Å². The topological polar surface area (TPSA) is 20.2 Å². The van der Waals surface area contributed by atoms with Crippen LogP contribution in [0.15, 0.2) is 24.3 Å². The molecule has 1 aliphatic carbocycles. The smallest absolute Gasteiger partial charge is 0.123 e. The van der Waals surface area contributed by atoms with Crippen LogP contribution in [0, 0.1) is 29.5 Å². The van der Waals surface area contributed by atoms with Gasteiger partial charge in [-0.2, -0.15) is 0 Å². The molecule has 0 unspecified atom stereocenters. The molecule has 1 fully saturated rings. The van der Waals surface area contributed by atoms with Crippen LogP contribution in [0.2, 0.25) is 0 Å². The summed E-state index contributed by atoms with van der Waals surface area (Å²) in [7, 11) is 0. The largest absolute Gasteiger partial charge is 0.392 e. The molecule has 2 rings (SSSR count). The Kier molecular flexibility index (Phi) is 10.5. The van der Waals surface area contributed by atoms with E-state index in [1.807, 2.05) is 12.1 Å². The fourth-order valence-electron chi connectivity index (χ4n) is 4.10. The second-order valence-corrected chi connectivity index (χ2v) is 8.21. The van der Waals surface area contributed by atoms with Gasteiger partial charge in [0.25, 0.3) is 0 Å². The maximum Gasteiger partial charge on any atom is 0.123 e. The van der Waals surface area contributed by atoms with E-state index < -0.39 is 0 Å². The highest BCUT2D eigenvalue weighted by Gasteiger charge is 2.23. The summed E-state index contributed by atoms with van der Waals surface area (Å²) in [5.74, 6) is 7.39.